The van der Waals surface area contributed by atoms with Gasteiger partial charge in [-0.05, 0) is 28.8 Å². The Morgan fingerprint density at radius 2 is 2.58 bits per heavy atom. The number of aromatic nitrogens is 1. The first-order valence-corrected chi connectivity index (χ1v) is 4.62. The van der Waals surface area contributed by atoms with Crippen molar-refractivity contribution < 1.29 is 4.42 Å². The summed E-state index contributed by atoms with van der Waals surface area (Å²) in [6, 6.07) is 2.11. The minimum absolute atomic E-state index is 0.904. The van der Waals surface area contributed by atoms with Crippen molar-refractivity contribution in [1.82, 2.24) is 4.98 Å². The molecule has 61 valence electrons. The van der Waals surface area contributed by atoms with E-state index in [0.717, 1.165) is 12.1 Å². The van der Waals surface area contributed by atoms with E-state index in [-0.39, 0.29) is 0 Å². The van der Waals surface area contributed by atoms with E-state index in [1.807, 2.05) is 6.42 Å². The molecule has 0 saturated carbocycles. The van der Waals surface area contributed by atoms with E-state index in [1.54, 1.807) is 17.6 Å². The highest BCUT2D eigenvalue weighted by atomic mass is 32.1. The van der Waals surface area contributed by atoms with Crippen molar-refractivity contribution in [2.45, 2.75) is 6.42 Å². The van der Waals surface area contributed by atoms with Gasteiger partial charge in [-0.1, -0.05) is 0 Å². The SMILES string of the molecule is [CH](Cc1ccsc1)c1cocn1. The van der Waals surface area contributed by atoms with Gasteiger partial charge in [0.2, 0.25) is 0 Å². The van der Waals surface area contributed by atoms with Crippen molar-refractivity contribution in [3.63, 3.8) is 0 Å². The third-order valence-electron chi connectivity index (χ3n) is 1.58. The molecule has 3 heteroatoms. The topological polar surface area (TPSA) is 26.0 Å². The van der Waals surface area contributed by atoms with Gasteiger partial charge in [0.15, 0.2) is 6.39 Å². The molecule has 2 heterocycles. The maximum absolute atomic E-state index is 4.84. The van der Waals surface area contributed by atoms with E-state index in [1.165, 1.54) is 12.0 Å². The van der Waals surface area contributed by atoms with Crippen LogP contribution in [0.4, 0.5) is 0 Å². The van der Waals surface area contributed by atoms with Crippen molar-refractivity contribution in [3.8, 4) is 0 Å². The van der Waals surface area contributed by atoms with E-state index in [9.17, 15) is 0 Å². The zero-order valence-corrected chi connectivity index (χ0v) is 7.25. The van der Waals surface area contributed by atoms with Crippen LogP contribution in [0.1, 0.15) is 11.3 Å². The van der Waals surface area contributed by atoms with Gasteiger partial charge in [-0.2, -0.15) is 11.3 Å². The maximum atomic E-state index is 4.84. The van der Waals surface area contributed by atoms with E-state index in [4.69, 9.17) is 4.42 Å². The lowest BCUT2D eigenvalue weighted by Gasteiger charge is -1.91. The molecular weight excluding hydrogens is 170 g/mol. The molecule has 0 aliphatic heterocycles. The van der Waals surface area contributed by atoms with Crippen molar-refractivity contribution in [2.75, 3.05) is 0 Å². The number of hydrogen-bond acceptors (Lipinski definition) is 3. The van der Waals surface area contributed by atoms with Gasteiger partial charge in [0, 0.05) is 6.42 Å². The number of hydrogen-bond donors (Lipinski definition) is 0. The van der Waals surface area contributed by atoms with Crippen LogP contribution in [0.3, 0.4) is 0 Å². The molecule has 0 aliphatic carbocycles. The summed E-state index contributed by atoms with van der Waals surface area (Å²) in [4.78, 5) is 4.00. The van der Waals surface area contributed by atoms with E-state index >= 15 is 0 Å². The smallest absolute Gasteiger partial charge is 0.180 e. The predicted molar refractivity (Wildman–Crippen MR) is 47.9 cm³/mol. The molecule has 12 heavy (non-hydrogen) atoms. The molecule has 2 nitrogen and oxygen atoms in total. The van der Waals surface area contributed by atoms with Crippen LogP contribution in [-0.4, -0.2) is 4.98 Å². The van der Waals surface area contributed by atoms with Crippen LogP contribution in [0.15, 0.2) is 33.9 Å². The molecule has 0 bridgehead atoms. The van der Waals surface area contributed by atoms with Gasteiger partial charge >= 0.3 is 0 Å². The first-order valence-electron chi connectivity index (χ1n) is 3.67. The van der Waals surface area contributed by atoms with Crippen molar-refractivity contribution in [1.29, 1.82) is 0 Å². The fraction of sp³-hybridized carbons (Fsp3) is 0.111. The zero-order chi connectivity index (χ0) is 8.23. The van der Waals surface area contributed by atoms with E-state index in [2.05, 4.69) is 21.8 Å². The highest BCUT2D eigenvalue weighted by molar-refractivity contribution is 7.07. The average molecular weight is 178 g/mol. The summed E-state index contributed by atoms with van der Waals surface area (Å²) in [7, 11) is 0. The lowest BCUT2D eigenvalue weighted by Crippen LogP contribution is -1.85. The molecule has 1 radical (unpaired) electrons. The van der Waals surface area contributed by atoms with Crippen molar-refractivity contribution in [3.05, 3.63) is 47.2 Å². The van der Waals surface area contributed by atoms with Crippen LogP contribution in [0.5, 0.6) is 0 Å². The number of nitrogens with zero attached hydrogens (tertiary/aromatic N) is 1. The zero-order valence-electron chi connectivity index (χ0n) is 6.43. The van der Waals surface area contributed by atoms with Gasteiger partial charge in [-0.15, -0.1) is 0 Å². The number of rotatable bonds is 3. The summed E-state index contributed by atoms with van der Waals surface area (Å²) in [6.45, 7) is 0. The van der Waals surface area contributed by atoms with Gasteiger partial charge in [-0.25, -0.2) is 4.98 Å². The Morgan fingerprint density at radius 3 is 3.25 bits per heavy atom. The largest absolute Gasteiger partial charge is 0.451 e. The minimum Gasteiger partial charge on any atom is -0.451 e. The lowest BCUT2D eigenvalue weighted by molar-refractivity contribution is 0.557. The monoisotopic (exact) mass is 178 g/mol. The normalized spacial score (nSPS) is 10.3. The van der Waals surface area contributed by atoms with Crippen LogP contribution in [0.25, 0.3) is 0 Å². The molecule has 2 aromatic heterocycles. The Bertz CT molecular complexity index is 278. The van der Waals surface area contributed by atoms with Crippen molar-refractivity contribution >= 4 is 11.3 Å². The highest BCUT2D eigenvalue weighted by Gasteiger charge is 1.98. The Hall–Kier alpha value is -1.09. The standard InChI is InChI=1S/C9H8NOS/c1(8-3-4-12-6-8)2-9-5-11-7-10-9/h2-7H,1H2. The van der Waals surface area contributed by atoms with Gasteiger partial charge in [0.05, 0.1) is 5.69 Å². The van der Waals surface area contributed by atoms with Gasteiger partial charge in [-0.3, -0.25) is 0 Å². The Morgan fingerprint density at radius 1 is 1.58 bits per heavy atom. The molecule has 2 aromatic rings. The summed E-state index contributed by atoms with van der Waals surface area (Å²) in [6.07, 6.45) is 6.06. The first kappa shape index (κ1) is 7.55. The molecule has 0 unspecified atom stereocenters. The molecule has 0 atom stereocenters. The molecule has 0 saturated heterocycles. The molecular formula is C9H8NOS. The minimum atomic E-state index is 0.904. The van der Waals surface area contributed by atoms with Crippen LogP contribution in [0.2, 0.25) is 0 Å². The molecule has 0 fully saturated rings. The maximum Gasteiger partial charge on any atom is 0.180 e. The fourth-order valence-corrected chi connectivity index (χ4v) is 1.64. The molecule has 0 amide bonds. The summed E-state index contributed by atoms with van der Waals surface area (Å²) in [5.74, 6) is 0. The van der Waals surface area contributed by atoms with E-state index in [0.29, 0.717) is 0 Å². The second-order valence-electron chi connectivity index (χ2n) is 2.45. The van der Waals surface area contributed by atoms with Gasteiger partial charge in [0.25, 0.3) is 0 Å². The number of oxazole rings is 1. The third-order valence-corrected chi connectivity index (χ3v) is 2.31. The molecule has 0 aliphatic rings. The Kier molecular flexibility index (Phi) is 2.23. The lowest BCUT2D eigenvalue weighted by atomic mass is 10.2. The summed E-state index contributed by atoms with van der Waals surface area (Å²) < 4.78 is 4.84. The second kappa shape index (κ2) is 3.54. The average Bonchev–Trinajstić information content (AvgIpc) is 2.74. The molecule has 0 aromatic carbocycles. The number of thiophene rings is 1. The second-order valence-corrected chi connectivity index (χ2v) is 3.23. The highest BCUT2D eigenvalue weighted by Crippen LogP contribution is 2.10. The van der Waals surface area contributed by atoms with Crippen LogP contribution in [-0.2, 0) is 6.42 Å². The van der Waals surface area contributed by atoms with Gasteiger partial charge in [0.1, 0.15) is 6.26 Å². The van der Waals surface area contributed by atoms with Crippen molar-refractivity contribution in [2.24, 2.45) is 0 Å². The third kappa shape index (κ3) is 1.74. The van der Waals surface area contributed by atoms with Crippen LogP contribution in [0, 0.1) is 6.42 Å². The Labute approximate surface area is 74.9 Å². The molecule has 2 rings (SSSR count). The van der Waals surface area contributed by atoms with Crippen LogP contribution < -0.4 is 0 Å². The molecule has 0 spiro atoms. The fourth-order valence-electron chi connectivity index (χ4n) is 0.954. The summed E-state index contributed by atoms with van der Waals surface area (Å²) in [5.41, 5.74) is 2.23. The quantitative estimate of drug-likeness (QED) is 0.721. The molecule has 0 N–H and O–H groups in total. The Balaban J connectivity index is 1.91. The summed E-state index contributed by atoms with van der Waals surface area (Å²) in [5, 5.41) is 4.21. The van der Waals surface area contributed by atoms with E-state index < -0.39 is 0 Å². The predicted octanol–water partition coefficient (Wildman–Crippen LogP) is 2.53. The van der Waals surface area contributed by atoms with Gasteiger partial charge < -0.3 is 4.42 Å². The summed E-state index contributed by atoms with van der Waals surface area (Å²) >= 11 is 1.71. The van der Waals surface area contributed by atoms with Crippen LogP contribution >= 0.6 is 11.3 Å². The first-order chi connectivity index (χ1) is 5.95.